The zero-order valence-electron chi connectivity index (χ0n) is 10.5. The van der Waals surface area contributed by atoms with Crippen LogP contribution in [-0.4, -0.2) is 17.4 Å². The number of amides is 1. The van der Waals surface area contributed by atoms with E-state index in [0.29, 0.717) is 23.6 Å². The summed E-state index contributed by atoms with van der Waals surface area (Å²) in [5.41, 5.74) is 6.57. The number of nitrogen functional groups attached to an aromatic ring is 1. The average Bonchev–Trinajstić information content (AvgIpc) is 2.42. The van der Waals surface area contributed by atoms with Gasteiger partial charge in [0.25, 0.3) is 5.91 Å². The van der Waals surface area contributed by atoms with Crippen molar-refractivity contribution in [2.24, 2.45) is 0 Å². The van der Waals surface area contributed by atoms with E-state index < -0.39 is 0 Å². The van der Waals surface area contributed by atoms with Gasteiger partial charge in [-0.3, -0.25) is 4.79 Å². The Hall–Kier alpha value is -2.43. The first-order chi connectivity index (χ1) is 9.11. The normalized spacial score (nSPS) is 10.2. The number of rotatable bonds is 3. The topological polar surface area (TPSA) is 59.2 Å². The SMILES string of the molecule is CCN(C(=O)c1ccc(N)nc1)c1ccc(F)cc1. The van der Waals surface area contributed by atoms with Gasteiger partial charge in [-0.25, -0.2) is 9.37 Å². The maximum Gasteiger partial charge on any atom is 0.259 e. The fourth-order valence-electron chi connectivity index (χ4n) is 1.75. The molecule has 1 heterocycles. The minimum Gasteiger partial charge on any atom is -0.384 e. The van der Waals surface area contributed by atoms with Crippen molar-refractivity contribution >= 4 is 17.4 Å². The zero-order valence-corrected chi connectivity index (χ0v) is 10.5. The molecular formula is C14H14FN3O. The van der Waals surface area contributed by atoms with Crippen molar-refractivity contribution in [3.63, 3.8) is 0 Å². The number of nitrogens with zero attached hydrogens (tertiary/aromatic N) is 2. The van der Waals surface area contributed by atoms with Crippen LogP contribution in [0.4, 0.5) is 15.9 Å². The second kappa shape index (κ2) is 5.48. The van der Waals surface area contributed by atoms with E-state index in [1.165, 1.54) is 18.3 Å². The van der Waals surface area contributed by atoms with Gasteiger partial charge in [-0.1, -0.05) is 0 Å². The first kappa shape index (κ1) is 13.0. The van der Waals surface area contributed by atoms with Gasteiger partial charge in [0.15, 0.2) is 0 Å². The van der Waals surface area contributed by atoms with E-state index in [2.05, 4.69) is 4.98 Å². The van der Waals surface area contributed by atoms with Gasteiger partial charge < -0.3 is 10.6 Å². The number of carbonyl (C=O) groups is 1. The summed E-state index contributed by atoms with van der Waals surface area (Å²) in [6.07, 6.45) is 1.43. The van der Waals surface area contributed by atoms with E-state index in [4.69, 9.17) is 5.73 Å². The molecule has 19 heavy (non-hydrogen) atoms. The first-order valence-corrected chi connectivity index (χ1v) is 5.90. The summed E-state index contributed by atoms with van der Waals surface area (Å²) in [6.45, 7) is 2.33. The third-order valence-electron chi connectivity index (χ3n) is 2.73. The van der Waals surface area contributed by atoms with E-state index >= 15 is 0 Å². The van der Waals surface area contributed by atoms with E-state index in [-0.39, 0.29) is 11.7 Å². The van der Waals surface area contributed by atoms with Gasteiger partial charge in [-0.15, -0.1) is 0 Å². The molecule has 5 heteroatoms. The Morgan fingerprint density at radius 2 is 1.95 bits per heavy atom. The Kier molecular flexibility index (Phi) is 3.75. The monoisotopic (exact) mass is 259 g/mol. The molecule has 0 saturated heterocycles. The van der Waals surface area contributed by atoms with Gasteiger partial charge in [0.2, 0.25) is 0 Å². The van der Waals surface area contributed by atoms with Crippen LogP contribution >= 0.6 is 0 Å². The van der Waals surface area contributed by atoms with Gasteiger partial charge in [-0.05, 0) is 43.3 Å². The second-order valence-corrected chi connectivity index (χ2v) is 4.00. The minimum absolute atomic E-state index is 0.193. The number of carbonyl (C=O) groups excluding carboxylic acids is 1. The summed E-state index contributed by atoms with van der Waals surface area (Å²) in [7, 11) is 0. The molecule has 0 bridgehead atoms. The van der Waals surface area contributed by atoms with Crippen LogP contribution in [0.2, 0.25) is 0 Å². The van der Waals surface area contributed by atoms with E-state index in [1.807, 2.05) is 6.92 Å². The third kappa shape index (κ3) is 2.88. The lowest BCUT2D eigenvalue weighted by atomic mass is 10.2. The lowest BCUT2D eigenvalue weighted by Gasteiger charge is -2.21. The first-order valence-electron chi connectivity index (χ1n) is 5.90. The van der Waals surface area contributed by atoms with Crippen LogP contribution in [0.15, 0.2) is 42.6 Å². The predicted octanol–water partition coefficient (Wildman–Crippen LogP) is 2.47. The number of hydrogen-bond acceptors (Lipinski definition) is 3. The molecule has 2 rings (SSSR count). The lowest BCUT2D eigenvalue weighted by Crippen LogP contribution is -2.30. The molecule has 0 aliphatic rings. The molecule has 0 atom stereocenters. The number of aromatic nitrogens is 1. The number of pyridine rings is 1. The molecule has 1 aromatic carbocycles. The molecule has 0 saturated carbocycles. The van der Waals surface area contributed by atoms with E-state index in [9.17, 15) is 9.18 Å². The standard InChI is InChI=1S/C14H14FN3O/c1-2-18(12-6-4-11(15)5-7-12)14(19)10-3-8-13(16)17-9-10/h3-9H,2H2,1H3,(H2,16,17). The molecule has 0 unspecified atom stereocenters. The highest BCUT2D eigenvalue weighted by atomic mass is 19.1. The summed E-state index contributed by atoms with van der Waals surface area (Å²) >= 11 is 0. The fraction of sp³-hybridized carbons (Fsp3) is 0.143. The highest BCUT2D eigenvalue weighted by Gasteiger charge is 2.16. The minimum atomic E-state index is -0.332. The maximum atomic E-state index is 12.9. The maximum absolute atomic E-state index is 12.9. The van der Waals surface area contributed by atoms with Gasteiger partial charge >= 0.3 is 0 Å². The molecule has 1 amide bonds. The summed E-state index contributed by atoms with van der Waals surface area (Å²) in [4.78, 5) is 17.8. The molecule has 2 aromatic rings. The van der Waals surface area contributed by atoms with Crippen LogP contribution in [0.25, 0.3) is 0 Å². The van der Waals surface area contributed by atoms with Gasteiger partial charge in [0.1, 0.15) is 11.6 Å². The van der Waals surface area contributed by atoms with Crippen LogP contribution in [0, 0.1) is 5.82 Å². The molecule has 0 aliphatic heterocycles. The van der Waals surface area contributed by atoms with Gasteiger partial charge in [0.05, 0.1) is 5.56 Å². The Labute approximate surface area is 110 Å². The summed E-state index contributed by atoms with van der Waals surface area (Å²) in [5.74, 6) is -0.163. The lowest BCUT2D eigenvalue weighted by molar-refractivity contribution is 0.0988. The molecular weight excluding hydrogens is 245 g/mol. The number of hydrogen-bond donors (Lipinski definition) is 1. The molecule has 2 N–H and O–H groups in total. The number of anilines is 2. The van der Waals surface area contributed by atoms with Crippen molar-refractivity contribution < 1.29 is 9.18 Å². The summed E-state index contributed by atoms with van der Waals surface area (Å²) < 4.78 is 12.9. The van der Waals surface area contributed by atoms with Crippen molar-refractivity contribution in [3.8, 4) is 0 Å². The van der Waals surface area contributed by atoms with Crippen LogP contribution in [0.1, 0.15) is 17.3 Å². The van der Waals surface area contributed by atoms with E-state index in [1.54, 1.807) is 29.2 Å². The highest BCUT2D eigenvalue weighted by molar-refractivity contribution is 6.05. The van der Waals surface area contributed by atoms with Crippen LogP contribution in [0.5, 0.6) is 0 Å². The van der Waals surface area contributed by atoms with Crippen molar-refractivity contribution in [2.45, 2.75) is 6.92 Å². The number of benzene rings is 1. The van der Waals surface area contributed by atoms with Crippen molar-refractivity contribution in [1.29, 1.82) is 0 Å². The highest BCUT2D eigenvalue weighted by Crippen LogP contribution is 2.17. The molecule has 0 fully saturated rings. The Balaban J connectivity index is 2.29. The quantitative estimate of drug-likeness (QED) is 0.921. The van der Waals surface area contributed by atoms with Gasteiger partial charge in [-0.2, -0.15) is 0 Å². The third-order valence-corrected chi connectivity index (χ3v) is 2.73. The van der Waals surface area contributed by atoms with Crippen molar-refractivity contribution in [1.82, 2.24) is 4.98 Å². The summed E-state index contributed by atoms with van der Waals surface area (Å²) in [6, 6.07) is 8.99. The largest absolute Gasteiger partial charge is 0.384 e. The van der Waals surface area contributed by atoms with Crippen LogP contribution < -0.4 is 10.6 Å². The smallest absolute Gasteiger partial charge is 0.259 e. The van der Waals surface area contributed by atoms with Crippen LogP contribution in [0.3, 0.4) is 0 Å². The fourth-order valence-corrected chi connectivity index (χ4v) is 1.75. The average molecular weight is 259 g/mol. The Bertz CT molecular complexity index is 566. The molecule has 98 valence electrons. The van der Waals surface area contributed by atoms with Gasteiger partial charge in [0, 0.05) is 18.4 Å². The molecule has 4 nitrogen and oxygen atoms in total. The Morgan fingerprint density at radius 1 is 1.26 bits per heavy atom. The molecule has 1 aromatic heterocycles. The van der Waals surface area contributed by atoms with Crippen molar-refractivity contribution in [2.75, 3.05) is 17.2 Å². The van der Waals surface area contributed by atoms with E-state index in [0.717, 1.165) is 0 Å². The van der Waals surface area contributed by atoms with Crippen LogP contribution in [-0.2, 0) is 0 Å². The van der Waals surface area contributed by atoms with Crippen molar-refractivity contribution in [3.05, 3.63) is 54.0 Å². The number of nitrogens with two attached hydrogens (primary N) is 1. The second-order valence-electron chi connectivity index (χ2n) is 4.00. The molecule has 0 spiro atoms. The summed E-state index contributed by atoms with van der Waals surface area (Å²) in [5, 5.41) is 0. The number of halogens is 1. The molecule has 0 aliphatic carbocycles. The zero-order chi connectivity index (χ0) is 13.8. The predicted molar refractivity (Wildman–Crippen MR) is 72.4 cm³/mol. The molecule has 0 radical (unpaired) electrons. The Morgan fingerprint density at radius 3 is 2.47 bits per heavy atom.